The molecular formula is C19H19NO. The lowest BCUT2D eigenvalue weighted by Crippen LogP contribution is -1.99. The number of methoxy groups -OCH3 is 1. The number of hydrogen-bond acceptors (Lipinski definition) is 2. The van der Waals surface area contributed by atoms with Gasteiger partial charge in [0.15, 0.2) is 0 Å². The summed E-state index contributed by atoms with van der Waals surface area (Å²) in [6, 6.07) is 21.1. The van der Waals surface area contributed by atoms with Crippen LogP contribution < -0.4 is 10.1 Å². The second-order valence-electron chi connectivity index (χ2n) is 5.27. The molecule has 0 saturated heterocycles. The summed E-state index contributed by atoms with van der Waals surface area (Å²) in [5.41, 5.74) is 3.70. The SMILES string of the molecule is COc1ccc2cc(CNc3ccc(C)cc3)ccc2c1. The Morgan fingerprint density at radius 1 is 0.857 bits per heavy atom. The zero-order valence-corrected chi connectivity index (χ0v) is 12.4. The highest BCUT2D eigenvalue weighted by Crippen LogP contribution is 2.22. The summed E-state index contributed by atoms with van der Waals surface area (Å²) in [4.78, 5) is 0. The molecule has 2 heteroatoms. The van der Waals surface area contributed by atoms with Crippen LogP contribution >= 0.6 is 0 Å². The first-order chi connectivity index (χ1) is 10.2. The van der Waals surface area contributed by atoms with E-state index in [2.05, 4.69) is 66.8 Å². The first-order valence-electron chi connectivity index (χ1n) is 7.12. The van der Waals surface area contributed by atoms with Crippen molar-refractivity contribution in [1.29, 1.82) is 0 Å². The molecule has 0 spiro atoms. The van der Waals surface area contributed by atoms with Gasteiger partial charge in [0.25, 0.3) is 0 Å². The molecule has 0 radical (unpaired) electrons. The summed E-state index contributed by atoms with van der Waals surface area (Å²) in [6.07, 6.45) is 0. The lowest BCUT2D eigenvalue weighted by atomic mass is 10.1. The zero-order chi connectivity index (χ0) is 14.7. The van der Waals surface area contributed by atoms with Crippen molar-refractivity contribution in [3.63, 3.8) is 0 Å². The molecule has 3 aromatic carbocycles. The molecule has 3 rings (SSSR count). The molecule has 3 aromatic rings. The van der Waals surface area contributed by atoms with E-state index in [9.17, 15) is 0 Å². The second-order valence-corrected chi connectivity index (χ2v) is 5.27. The Kier molecular flexibility index (Phi) is 3.78. The quantitative estimate of drug-likeness (QED) is 0.741. The predicted molar refractivity (Wildman–Crippen MR) is 89.0 cm³/mol. The van der Waals surface area contributed by atoms with Crippen molar-refractivity contribution in [3.05, 3.63) is 71.8 Å². The first-order valence-corrected chi connectivity index (χ1v) is 7.12. The van der Waals surface area contributed by atoms with Gasteiger partial charge in [0, 0.05) is 12.2 Å². The third kappa shape index (κ3) is 3.16. The van der Waals surface area contributed by atoms with Crippen LogP contribution in [0.3, 0.4) is 0 Å². The Balaban J connectivity index is 1.76. The number of benzene rings is 3. The number of aryl methyl sites for hydroxylation is 1. The van der Waals surface area contributed by atoms with E-state index in [1.807, 2.05) is 6.07 Å². The number of nitrogens with one attached hydrogen (secondary N) is 1. The Hall–Kier alpha value is -2.48. The van der Waals surface area contributed by atoms with Crippen molar-refractivity contribution in [2.75, 3.05) is 12.4 Å². The highest BCUT2D eigenvalue weighted by molar-refractivity contribution is 5.84. The molecule has 0 aromatic heterocycles. The van der Waals surface area contributed by atoms with Crippen LogP contribution in [0, 0.1) is 6.92 Å². The highest BCUT2D eigenvalue weighted by Gasteiger charge is 1.99. The maximum absolute atomic E-state index is 5.26. The van der Waals surface area contributed by atoms with Gasteiger partial charge in [-0.15, -0.1) is 0 Å². The third-order valence-electron chi connectivity index (χ3n) is 3.66. The molecule has 0 saturated carbocycles. The first kappa shape index (κ1) is 13.5. The maximum atomic E-state index is 5.26. The summed E-state index contributed by atoms with van der Waals surface area (Å²) >= 11 is 0. The van der Waals surface area contributed by atoms with Crippen molar-refractivity contribution in [1.82, 2.24) is 0 Å². The van der Waals surface area contributed by atoms with Gasteiger partial charge in [-0.1, -0.05) is 35.9 Å². The van der Waals surface area contributed by atoms with E-state index in [0.717, 1.165) is 18.0 Å². The Labute approximate surface area is 125 Å². The monoisotopic (exact) mass is 277 g/mol. The van der Waals surface area contributed by atoms with Crippen LogP contribution in [-0.4, -0.2) is 7.11 Å². The van der Waals surface area contributed by atoms with E-state index in [4.69, 9.17) is 4.74 Å². The van der Waals surface area contributed by atoms with Crippen molar-refractivity contribution in [2.24, 2.45) is 0 Å². The molecule has 2 nitrogen and oxygen atoms in total. The van der Waals surface area contributed by atoms with E-state index in [0.29, 0.717) is 0 Å². The van der Waals surface area contributed by atoms with E-state index >= 15 is 0 Å². The fourth-order valence-electron chi connectivity index (χ4n) is 2.39. The molecular weight excluding hydrogens is 258 g/mol. The Morgan fingerprint density at radius 2 is 1.57 bits per heavy atom. The minimum absolute atomic E-state index is 0.824. The molecule has 0 aliphatic heterocycles. The molecule has 1 N–H and O–H groups in total. The summed E-state index contributed by atoms with van der Waals surface area (Å²) < 4.78 is 5.26. The van der Waals surface area contributed by atoms with Gasteiger partial charge in [0.05, 0.1) is 7.11 Å². The van der Waals surface area contributed by atoms with Crippen molar-refractivity contribution in [2.45, 2.75) is 13.5 Å². The molecule has 0 heterocycles. The van der Waals surface area contributed by atoms with Crippen LogP contribution in [0.15, 0.2) is 60.7 Å². The maximum Gasteiger partial charge on any atom is 0.119 e. The largest absolute Gasteiger partial charge is 0.497 e. The molecule has 21 heavy (non-hydrogen) atoms. The minimum Gasteiger partial charge on any atom is -0.497 e. The molecule has 0 aliphatic rings. The van der Waals surface area contributed by atoms with Gasteiger partial charge in [-0.2, -0.15) is 0 Å². The molecule has 0 atom stereocenters. The number of ether oxygens (including phenoxy) is 1. The normalized spacial score (nSPS) is 10.6. The lowest BCUT2D eigenvalue weighted by Gasteiger charge is -2.08. The fraction of sp³-hybridized carbons (Fsp3) is 0.158. The third-order valence-corrected chi connectivity index (χ3v) is 3.66. The lowest BCUT2D eigenvalue weighted by molar-refractivity contribution is 0.415. The zero-order valence-electron chi connectivity index (χ0n) is 12.4. The average Bonchev–Trinajstić information content (AvgIpc) is 2.53. The molecule has 0 unspecified atom stereocenters. The molecule has 0 bridgehead atoms. The van der Waals surface area contributed by atoms with Crippen molar-refractivity contribution >= 4 is 16.5 Å². The predicted octanol–water partition coefficient (Wildman–Crippen LogP) is 4.77. The summed E-state index contributed by atoms with van der Waals surface area (Å²) in [6.45, 7) is 2.92. The molecule has 0 amide bonds. The minimum atomic E-state index is 0.824. The summed E-state index contributed by atoms with van der Waals surface area (Å²) in [5.74, 6) is 0.896. The van der Waals surface area contributed by atoms with Crippen LogP contribution in [0.2, 0.25) is 0 Å². The molecule has 0 fully saturated rings. The Morgan fingerprint density at radius 3 is 2.33 bits per heavy atom. The van der Waals surface area contributed by atoms with Crippen LogP contribution in [0.4, 0.5) is 5.69 Å². The summed E-state index contributed by atoms with van der Waals surface area (Å²) in [5, 5.41) is 5.89. The van der Waals surface area contributed by atoms with Gasteiger partial charge >= 0.3 is 0 Å². The van der Waals surface area contributed by atoms with Crippen LogP contribution in [-0.2, 0) is 6.54 Å². The molecule has 0 aliphatic carbocycles. The van der Waals surface area contributed by atoms with E-state index in [1.165, 1.54) is 21.9 Å². The van der Waals surface area contributed by atoms with Crippen LogP contribution in [0.5, 0.6) is 5.75 Å². The summed E-state index contributed by atoms with van der Waals surface area (Å²) in [7, 11) is 1.70. The fourth-order valence-corrected chi connectivity index (χ4v) is 2.39. The number of anilines is 1. The van der Waals surface area contributed by atoms with E-state index < -0.39 is 0 Å². The van der Waals surface area contributed by atoms with E-state index in [1.54, 1.807) is 7.11 Å². The highest BCUT2D eigenvalue weighted by atomic mass is 16.5. The van der Waals surface area contributed by atoms with Crippen LogP contribution in [0.25, 0.3) is 10.8 Å². The van der Waals surface area contributed by atoms with Crippen molar-refractivity contribution in [3.8, 4) is 5.75 Å². The number of hydrogen-bond donors (Lipinski definition) is 1. The van der Waals surface area contributed by atoms with Gasteiger partial charge < -0.3 is 10.1 Å². The van der Waals surface area contributed by atoms with Crippen LogP contribution in [0.1, 0.15) is 11.1 Å². The number of rotatable bonds is 4. The van der Waals surface area contributed by atoms with Gasteiger partial charge in [-0.3, -0.25) is 0 Å². The van der Waals surface area contributed by atoms with Gasteiger partial charge in [-0.05, 0) is 53.6 Å². The molecule has 106 valence electrons. The standard InChI is InChI=1S/C19H19NO/c1-14-3-8-18(9-4-14)20-13-15-5-6-17-12-19(21-2)10-7-16(17)11-15/h3-12,20H,13H2,1-2H3. The second kappa shape index (κ2) is 5.88. The topological polar surface area (TPSA) is 21.3 Å². The van der Waals surface area contributed by atoms with Gasteiger partial charge in [-0.25, -0.2) is 0 Å². The van der Waals surface area contributed by atoms with Gasteiger partial charge in [0.2, 0.25) is 0 Å². The van der Waals surface area contributed by atoms with E-state index in [-0.39, 0.29) is 0 Å². The Bertz CT molecular complexity index is 747. The van der Waals surface area contributed by atoms with Crippen molar-refractivity contribution < 1.29 is 4.74 Å². The average molecular weight is 277 g/mol. The smallest absolute Gasteiger partial charge is 0.119 e. The van der Waals surface area contributed by atoms with Gasteiger partial charge in [0.1, 0.15) is 5.75 Å². The number of fused-ring (bicyclic) bond motifs is 1.